The molecule has 0 bridgehead atoms. The third-order valence-electron chi connectivity index (χ3n) is 2.90. The van der Waals surface area contributed by atoms with Gasteiger partial charge >= 0.3 is 161 Å². The Kier molecular flexibility index (Phi) is 9.91. The summed E-state index contributed by atoms with van der Waals surface area (Å²) < 4.78 is 83.8. The number of carbonyl (C=O) groups excluding carboxylic acids is 2. The monoisotopic (exact) mass is 624 g/mol. The van der Waals surface area contributed by atoms with Gasteiger partial charge in [-0.2, -0.15) is 0 Å². The van der Waals surface area contributed by atoms with Crippen LogP contribution in [0.4, 0.5) is 26.3 Å². The van der Waals surface area contributed by atoms with Crippen LogP contribution in [0.2, 0.25) is 0 Å². The predicted octanol–water partition coefficient (Wildman–Crippen LogP) is 2.83. The summed E-state index contributed by atoms with van der Waals surface area (Å²) in [4.78, 5) is 31.1. The van der Waals surface area contributed by atoms with E-state index in [4.69, 9.17) is 9.84 Å². The zero-order chi connectivity index (χ0) is 20.9. The molecule has 0 rings (SSSR count). The Hall–Kier alpha value is -0.0600. The first-order valence-corrected chi connectivity index (χ1v) is 18.1. The van der Waals surface area contributed by atoms with Crippen LogP contribution in [-0.2, 0) is 19.1 Å². The van der Waals surface area contributed by atoms with Crippen LogP contribution in [0.3, 0.4) is 0 Å². The summed E-state index contributed by atoms with van der Waals surface area (Å²) in [6.45, 7) is -1.73. The maximum absolute atomic E-state index is 12.5. The van der Waals surface area contributed by atoms with E-state index in [0.717, 1.165) is 0 Å². The number of aliphatic hydroxyl groups is 1. The molecule has 0 spiro atoms. The topological polar surface area (TPSA) is 72.8 Å². The van der Waals surface area contributed by atoms with Crippen molar-refractivity contribution >= 4 is 51.6 Å². The van der Waals surface area contributed by atoms with Crippen LogP contribution >= 0.6 is 39.6 Å². The second-order valence-corrected chi connectivity index (χ2v) is 17.6. The van der Waals surface area contributed by atoms with E-state index in [1.807, 2.05) is 19.7 Å². The number of hydrogen-bond donors (Lipinski definition) is 1. The fourth-order valence-electron chi connectivity index (χ4n) is 1.49. The molecule has 1 unspecified atom stereocenters. The van der Waals surface area contributed by atoms with Crippen molar-refractivity contribution in [3.63, 3.8) is 0 Å². The number of halogens is 8. The van der Waals surface area contributed by atoms with Gasteiger partial charge in [0.1, 0.15) is 0 Å². The van der Waals surface area contributed by atoms with Gasteiger partial charge in [0.2, 0.25) is 0 Å². The van der Waals surface area contributed by atoms with Crippen LogP contribution in [0.15, 0.2) is 0 Å². The summed E-state index contributed by atoms with van der Waals surface area (Å²) in [5.41, 5.74) is -5.64. The molecule has 13 heteroatoms. The quantitative estimate of drug-likeness (QED) is 0.148. The summed E-state index contributed by atoms with van der Waals surface area (Å²) >= 11 is -2.85. The van der Waals surface area contributed by atoms with Crippen molar-refractivity contribution in [3.8, 4) is 0 Å². The fourth-order valence-corrected chi connectivity index (χ4v) is 14.2. The normalized spacial score (nSPS) is 15.2. The number of carbonyl (C=O) groups is 2. The Morgan fingerprint density at radius 2 is 1.35 bits per heavy atom. The molecule has 0 aliphatic heterocycles. The second kappa shape index (κ2) is 9.93. The Morgan fingerprint density at radius 1 is 0.923 bits per heavy atom. The Labute approximate surface area is 160 Å². The molecule has 5 nitrogen and oxygen atoms in total. The molecule has 0 saturated carbocycles. The van der Waals surface area contributed by atoms with Gasteiger partial charge in [-0.05, 0) is 0 Å². The van der Waals surface area contributed by atoms with E-state index in [0.29, 0.717) is 4.43 Å². The van der Waals surface area contributed by atoms with E-state index in [-0.39, 0.29) is 3.92 Å². The third-order valence-corrected chi connectivity index (χ3v) is 11.2. The number of alkyl halides is 12. The molecule has 0 aliphatic rings. The van der Waals surface area contributed by atoms with Crippen molar-refractivity contribution in [1.29, 1.82) is 0 Å². The molecule has 0 aliphatic carbocycles. The Morgan fingerprint density at radius 3 is 1.69 bits per heavy atom. The average molecular weight is 624 g/mol. The van der Waals surface area contributed by atoms with E-state index in [9.17, 15) is 35.9 Å². The summed E-state index contributed by atoms with van der Waals surface area (Å²) in [6.07, 6.45) is -12.6. The van der Waals surface area contributed by atoms with Gasteiger partial charge in [-0.3, -0.25) is 0 Å². The number of rotatable bonds is 8. The van der Waals surface area contributed by atoms with Gasteiger partial charge in [0.05, 0.1) is 0 Å². The molecule has 1 atom stereocenters. The summed E-state index contributed by atoms with van der Waals surface area (Å²) in [7, 11) is 0. The van der Waals surface area contributed by atoms with Gasteiger partial charge in [-0.1, -0.05) is 0 Å². The van der Waals surface area contributed by atoms with E-state index < -0.39 is 82.7 Å². The molecule has 1 N–H and O–H groups in total. The van der Waals surface area contributed by atoms with Gasteiger partial charge in [0.25, 0.3) is 0 Å². The van der Waals surface area contributed by atoms with Crippen molar-refractivity contribution in [1.82, 2.24) is 0 Å². The molecule has 0 amide bonds. The minimum atomic E-state index is -6.31. The summed E-state index contributed by atoms with van der Waals surface area (Å²) in [6, 6.07) is 0. The Bertz CT molecular complexity index is 478. The van der Waals surface area contributed by atoms with Crippen LogP contribution in [-0.4, -0.2) is 76.3 Å². The number of ether oxygens (including phenoxy) is 2. The van der Waals surface area contributed by atoms with Crippen LogP contribution < -0.4 is 0 Å². The van der Waals surface area contributed by atoms with E-state index in [1.165, 1.54) is 0 Å². The Balaban J connectivity index is 4.77. The molecule has 0 fully saturated rings. The van der Waals surface area contributed by atoms with Crippen molar-refractivity contribution in [2.45, 2.75) is 21.9 Å². The molecule has 0 radical (unpaired) electrons. The molecule has 0 heterocycles. The molecule has 0 aromatic carbocycles. The third kappa shape index (κ3) is 6.83. The molecular weight excluding hydrogens is 604 g/mol. The van der Waals surface area contributed by atoms with Gasteiger partial charge < -0.3 is 0 Å². The second-order valence-electron chi connectivity index (χ2n) is 5.36. The molecule has 0 aromatic heterocycles. The maximum atomic E-state index is 12.5. The van der Waals surface area contributed by atoms with Crippen molar-refractivity contribution in [2.24, 2.45) is 0 Å². The van der Waals surface area contributed by atoms with E-state index in [2.05, 4.69) is 4.74 Å². The van der Waals surface area contributed by atoms with Crippen LogP contribution in [0.25, 0.3) is 0 Å². The first kappa shape index (κ1) is 25.9. The molecule has 26 heavy (non-hydrogen) atoms. The molecule has 0 saturated heterocycles. The molecular formula is C13H20F6I2O5. The zero-order valence-electron chi connectivity index (χ0n) is 14.3. The van der Waals surface area contributed by atoms with Crippen LogP contribution in [0.5, 0.6) is 0 Å². The summed E-state index contributed by atoms with van der Waals surface area (Å²) in [5.74, 6) is -3.51. The van der Waals surface area contributed by atoms with Gasteiger partial charge in [0.15, 0.2) is 0 Å². The van der Waals surface area contributed by atoms with Crippen LogP contribution in [0.1, 0.15) is 0 Å². The van der Waals surface area contributed by atoms with E-state index in [1.54, 1.807) is 0 Å². The average Bonchev–Trinajstić information content (AvgIpc) is 2.44. The SMILES string of the molecule is CI(C)CC(C(=O)OCCOC(=O)C(O)(C(F)(F)F)C(F)(F)F)I(C)C. The standard InChI is InChI=1S/C13H20F6I2O5/c1-20(2)7-8(21(3)4)9(22)25-5-6-26-10(23)11(24,12(14,15)16)13(17,18)19/h8,24H,5-7H2,1-4H3. The number of esters is 2. The molecule has 158 valence electrons. The van der Waals surface area contributed by atoms with E-state index >= 15 is 0 Å². The van der Waals surface area contributed by atoms with Gasteiger partial charge in [0, 0.05) is 0 Å². The first-order chi connectivity index (χ1) is 11.6. The molecule has 0 aromatic rings. The van der Waals surface area contributed by atoms with Crippen molar-refractivity contribution in [3.05, 3.63) is 0 Å². The zero-order valence-corrected chi connectivity index (χ0v) is 18.6. The fraction of sp³-hybridized carbons (Fsp3) is 0.846. The summed E-state index contributed by atoms with van der Waals surface area (Å²) in [5, 5.41) is 8.80. The first-order valence-electron chi connectivity index (χ1n) is 6.70. The van der Waals surface area contributed by atoms with Gasteiger partial charge in [-0.25, -0.2) is 0 Å². The van der Waals surface area contributed by atoms with Gasteiger partial charge in [-0.15, -0.1) is 0 Å². The minimum absolute atomic E-state index is 0.294. The van der Waals surface area contributed by atoms with Crippen molar-refractivity contribution in [2.75, 3.05) is 37.4 Å². The van der Waals surface area contributed by atoms with Crippen LogP contribution in [0, 0.1) is 0 Å². The predicted molar refractivity (Wildman–Crippen MR) is 99.4 cm³/mol. The van der Waals surface area contributed by atoms with Crippen molar-refractivity contribution < 1.29 is 50.5 Å². The number of hydrogen-bond acceptors (Lipinski definition) is 5.